The summed E-state index contributed by atoms with van der Waals surface area (Å²) in [7, 11) is -1.26. The smallest absolute Gasteiger partial charge is 0.230 e. The molecule has 0 saturated heterocycles. The van der Waals surface area contributed by atoms with Crippen LogP contribution in [0.3, 0.4) is 0 Å². The van der Waals surface area contributed by atoms with Gasteiger partial charge in [-0.15, -0.1) is 0 Å². The maximum Gasteiger partial charge on any atom is 0.230 e. The lowest BCUT2D eigenvalue weighted by Crippen LogP contribution is -2.20. The Morgan fingerprint density at radius 2 is 2.11 bits per heavy atom. The highest BCUT2D eigenvalue weighted by molar-refractivity contribution is 7.84. The van der Waals surface area contributed by atoms with Crippen molar-refractivity contribution in [1.29, 1.82) is 0 Å². The molecular weight excluding hydrogens is 250 g/mol. The first-order valence-corrected chi connectivity index (χ1v) is 6.90. The zero-order chi connectivity index (χ0) is 13.0. The quantitative estimate of drug-likeness (QED) is 0.892. The molecule has 4 nitrogen and oxygen atoms in total. The van der Waals surface area contributed by atoms with Crippen molar-refractivity contribution in [3.8, 4) is 11.3 Å². The average molecular weight is 263 g/mol. The maximum absolute atomic E-state index is 11.6. The topological polar surface area (TPSA) is 73.3 Å². The van der Waals surface area contributed by atoms with Crippen molar-refractivity contribution in [3.63, 3.8) is 0 Å². The van der Waals surface area contributed by atoms with Crippen LogP contribution in [0.1, 0.15) is 5.56 Å². The fourth-order valence-electron chi connectivity index (χ4n) is 1.65. The summed E-state index contributed by atoms with van der Waals surface area (Å²) in [6, 6.07) is 11.2. The van der Waals surface area contributed by atoms with Crippen molar-refractivity contribution in [3.05, 3.63) is 48.2 Å². The molecule has 2 aromatic rings. The van der Waals surface area contributed by atoms with Crippen molar-refractivity contribution in [2.24, 2.45) is 5.73 Å². The van der Waals surface area contributed by atoms with Crippen molar-refractivity contribution in [2.75, 3.05) is 5.75 Å². The number of primary amides is 1. The van der Waals surface area contributed by atoms with Gasteiger partial charge in [0, 0.05) is 22.1 Å². The van der Waals surface area contributed by atoms with Crippen LogP contribution in [0.15, 0.2) is 47.1 Å². The lowest BCUT2D eigenvalue weighted by Gasteiger charge is -2.03. The van der Waals surface area contributed by atoms with Gasteiger partial charge in [0.1, 0.15) is 11.5 Å². The molecule has 1 atom stereocenters. The fraction of sp³-hybridized carbons (Fsp3) is 0.154. The van der Waals surface area contributed by atoms with Gasteiger partial charge >= 0.3 is 0 Å². The second-order valence-electron chi connectivity index (χ2n) is 3.87. The van der Waals surface area contributed by atoms with Gasteiger partial charge in [0.15, 0.2) is 0 Å². The van der Waals surface area contributed by atoms with Crippen LogP contribution in [-0.4, -0.2) is 15.9 Å². The Bertz CT molecular complexity index is 563. The Morgan fingerprint density at radius 1 is 1.28 bits per heavy atom. The number of furan rings is 1. The Labute approximate surface area is 107 Å². The second kappa shape index (κ2) is 5.64. The SMILES string of the molecule is NC(=O)C[S@](=O)Cc1cccc(-c2ccco2)c1. The van der Waals surface area contributed by atoms with E-state index in [1.54, 1.807) is 6.26 Å². The molecule has 5 heteroatoms. The third-order valence-corrected chi connectivity index (χ3v) is 3.63. The molecular formula is C13H13NO3S. The number of hydrogen-bond acceptors (Lipinski definition) is 3. The van der Waals surface area contributed by atoms with Gasteiger partial charge in [-0.1, -0.05) is 18.2 Å². The maximum atomic E-state index is 11.6. The third kappa shape index (κ3) is 3.30. The summed E-state index contributed by atoms with van der Waals surface area (Å²) in [5, 5.41) is 0. The van der Waals surface area contributed by atoms with Gasteiger partial charge in [0.2, 0.25) is 5.91 Å². The van der Waals surface area contributed by atoms with Gasteiger partial charge in [-0.2, -0.15) is 0 Å². The summed E-state index contributed by atoms with van der Waals surface area (Å²) < 4.78 is 16.9. The number of amides is 1. The predicted octanol–water partition coefficient (Wildman–Crippen LogP) is 1.68. The van der Waals surface area contributed by atoms with Gasteiger partial charge < -0.3 is 10.2 Å². The van der Waals surface area contributed by atoms with Crippen LogP contribution in [0.25, 0.3) is 11.3 Å². The van der Waals surface area contributed by atoms with Crippen LogP contribution >= 0.6 is 0 Å². The molecule has 2 rings (SSSR count). The monoisotopic (exact) mass is 263 g/mol. The number of hydrogen-bond donors (Lipinski definition) is 1. The highest BCUT2D eigenvalue weighted by Crippen LogP contribution is 2.21. The van der Waals surface area contributed by atoms with Gasteiger partial charge in [-0.05, 0) is 23.8 Å². The molecule has 18 heavy (non-hydrogen) atoms. The van der Waals surface area contributed by atoms with Crippen LogP contribution < -0.4 is 5.73 Å². The summed E-state index contributed by atoms with van der Waals surface area (Å²) in [5.74, 6) is 0.427. The number of rotatable bonds is 5. The molecule has 0 spiro atoms. The zero-order valence-electron chi connectivity index (χ0n) is 9.67. The largest absolute Gasteiger partial charge is 0.464 e. The molecule has 1 aromatic heterocycles. The molecule has 2 N–H and O–H groups in total. The lowest BCUT2D eigenvalue weighted by molar-refractivity contribution is -0.115. The third-order valence-electron chi connectivity index (χ3n) is 2.36. The standard InChI is InChI=1S/C13H13NO3S/c14-13(15)9-18(16)8-10-3-1-4-11(7-10)12-5-2-6-17-12/h1-7H,8-9H2,(H2,14,15)/t18-/m1/s1. The molecule has 1 amide bonds. The lowest BCUT2D eigenvalue weighted by atomic mass is 10.1. The van der Waals surface area contributed by atoms with E-state index in [4.69, 9.17) is 10.2 Å². The first-order chi connectivity index (χ1) is 8.65. The predicted molar refractivity (Wildman–Crippen MR) is 70.1 cm³/mol. The zero-order valence-corrected chi connectivity index (χ0v) is 10.5. The summed E-state index contributed by atoms with van der Waals surface area (Å²) in [5.41, 5.74) is 6.82. The summed E-state index contributed by atoms with van der Waals surface area (Å²) >= 11 is 0. The van der Waals surface area contributed by atoms with E-state index in [0.29, 0.717) is 5.75 Å². The molecule has 94 valence electrons. The Morgan fingerprint density at radius 3 is 2.78 bits per heavy atom. The molecule has 1 aromatic carbocycles. The minimum Gasteiger partial charge on any atom is -0.464 e. The van der Waals surface area contributed by atoms with Crippen LogP contribution in [0.5, 0.6) is 0 Å². The van der Waals surface area contributed by atoms with Gasteiger partial charge in [0.25, 0.3) is 0 Å². The van der Waals surface area contributed by atoms with E-state index in [-0.39, 0.29) is 5.75 Å². The summed E-state index contributed by atoms with van der Waals surface area (Å²) in [6.07, 6.45) is 1.60. The van der Waals surface area contributed by atoms with E-state index in [9.17, 15) is 9.00 Å². The minimum absolute atomic E-state index is 0.106. The number of benzene rings is 1. The van der Waals surface area contributed by atoms with Crippen molar-refractivity contribution >= 4 is 16.7 Å². The highest BCUT2D eigenvalue weighted by atomic mass is 32.2. The Hall–Kier alpha value is -1.88. The molecule has 0 aliphatic rings. The fourth-order valence-corrected chi connectivity index (χ4v) is 2.62. The average Bonchev–Trinajstić information content (AvgIpc) is 2.81. The molecule has 0 aliphatic carbocycles. The normalized spacial score (nSPS) is 12.2. The summed E-state index contributed by atoms with van der Waals surface area (Å²) in [6.45, 7) is 0. The van der Waals surface area contributed by atoms with Gasteiger partial charge in [-0.25, -0.2) is 0 Å². The van der Waals surface area contributed by atoms with Crippen molar-refractivity contribution < 1.29 is 13.4 Å². The highest BCUT2D eigenvalue weighted by Gasteiger charge is 2.07. The first-order valence-electron chi connectivity index (χ1n) is 5.41. The minimum atomic E-state index is -1.26. The van der Waals surface area contributed by atoms with E-state index >= 15 is 0 Å². The van der Waals surface area contributed by atoms with Gasteiger partial charge in [0.05, 0.1) is 6.26 Å². The second-order valence-corrected chi connectivity index (χ2v) is 5.33. The van der Waals surface area contributed by atoms with E-state index in [1.807, 2.05) is 36.4 Å². The molecule has 0 fully saturated rings. The van der Waals surface area contributed by atoms with Crippen LogP contribution in [0.2, 0.25) is 0 Å². The number of carbonyl (C=O) groups excluding carboxylic acids is 1. The number of carbonyl (C=O) groups is 1. The molecule has 1 heterocycles. The van der Waals surface area contributed by atoms with E-state index < -0.39 is 16.7 Å². The van der Waals surface area contributed by atoms with Crippen LogP contribution in [0, 0.1) is 0 Å². The molecule has 0 aliphatic heterocycles. The van der Waals surface area contributed by atoms with Crippen molar-refractivity contribution in [1.82, 2.24) is 0 Å². The van der Waals surface area contributed by atoms with E-state index in [0.717, 1.165) is 16.9 Å². The van der Waals surface area contributed by atoms with E-state index in [2.05, 4.69) is 0 Å². The molecule has 0 radical (unpaired) electrons. The summed E-state index contributed by atoms with van der Waals surface area (Å²) in [4.78, 5) is 10.7. The van der Waals surface area contributed by atoms with Crippen LogP contribution in [0.4, 0.5) is 0 Å². The first kappa shape index (κ1) is 12.6. The van der Waals surface area contributed by atoms with Crippen molar-refractivity contribution in [2.45, 2.75) is 5.75 Å². The Kier molecular flexibility index (Phi) is 3.94. The molecule has 0 unspecified atom stereocenters. The molecule has 0 saturated carbocycles. The van der Waals surface area contributed by atoms with Crippen LogP contribution in [-0.2, 0) is 21.3 Å². The number of nitrogens with two attached hydrogens (primary N) is 1. The van der Waals surface area contributed by atoms with Gasteiger partial charge in [-0.3, -0.25) is 9.00 Å². The van der Waals surface area contributed by atoms with E-state index in [1.165, 1.54) is 0 Å². The molecule has 0 bridgehead atoms. The Balaban J connectivity index is 2.13.